The summed E-state index contributed by atoms with van der Waals surface area (Å²) in [6.07, 6.45) is 0. The number of rotatable bonds is 3. The molecule has 0 unspecified atom stereocenters. The van der Waals surface area contributed by atoms with E-state index < -0.39 is 0 Å². The zero-order valence-corrected chi connectivity index (χ0v) is 16.3. The highest BCUT2D eigenvalue weighted by atomic mass is 32.2. The molecule has 0 spiro atoms. The smallest absolute Gasteiger partial charge is 0.235 e. The molecule has 1 amide bonds. The minimum Gasteiger partial charge on any atom is -0.496 e. The van der Waals surface area contributed by atoms with E-state index in [4.69, 9.17) is 9.84 Å². The summed E-state index contributed by atoms with van der Waals surface area (Å²) in [5.74, 6) is 1.92. The second kappa shape index (κ2) is 7.12. The van der Waals surface area contributed by atoms with Crippen molar-refractivity contribution in [3.63, 3.8) is 0 Å². The number of thioether (sulfide) groups is 1. The molecule has 1 N–H and O–H groups in total. The number of nitrogens with one attached hydrogen (secondary N) is 1. The molecule has 5 nitrogen and oxygen atoms in total. The molecular weight excluding hydrogens is 358 g/mol. The summed E-state index contributed by atoms with van der Waals surface area (Å²) in [6.45, 7) is 4.04. The zero-order chi connectivity index (χ0) is 19.0. The molecule has 138 valence electrons. The van der Waals surface area contributed by atoms with E-state index in [-0.39, 0.29) is 11.2 Å². The van der Waals surface area contributed by atoms with Gasteiger partial charge in [0.2, 0.25) is 5.91 Å². The van der Waals surface area contributed by atoms with Crippen LogP contribution < -0.4 is 10.1 Å². The van der Waals surface area contributed by atoms with Gasteiger partial charge in [-0.1, -0.05) is 30.3 Å². The molecule has 0 radical (unpaired) electrons. The summed E-state index contributed by atoms with van der Waals surface area (Å²) in [5.41, 5.74) is 5.05. The fraction of sp³-hybridized carbons (Fsp3) is 0.238. The third-order valence-electron chi connectivity index (χ3n) is 4.68. The summed E-state index contributed by atoms with van der Waals surface area (Å²) in [5, 5.41) is 7.79. The number of nitrogens with zero attached hydrogens (tertiary/aromatic N) is 2. The van der Waals surface area contributed by atoms with Crippen LogP contribution in [0.2, 0.25) is 0 Å². The van der Waals surface area contributed by atoms with Gasteiger partial charge < -0.3 is 10.1 Å². The van der Waals surface area contributed by atoms with Crippen LogP contribution in [-0.4, -0.2) is 28.6 Å². The first-order valence-corrected chi connectivity index (χ1v) is 9.84. The maximum absolute atomic E-state index is 12.4. The van der Waals surface area contributed by atoms with Gasteiger partial charge in [-0.25, -0.2) is 4.68 Å². The van der Waals surface area contributed by atoms with Gasteiger partial charge in [-0.15, -0.1) is 11.8 Å². The number of amides is 1. The van der Waals surface area contributed by atoms with Crippen LogP contribution in [0, 0.1) is 13.8 Å². The van der Waals surface area contributed by atoms with Crippen LogP contribution in [0.4, 0.5) is 5.82 Å². The molecule has 2 aromatic carbocycles. The third-order valence-corrected chi connectivity index (χ3v) is 5.93. The van der Waals surface area contributed by atoms with Crippen molar-refractivity contribution in [1.29, 1.82) is 0 Å². The largest absolute Gasteiger partial charge is 0.496 e. The lowest BCUT2D eigenvalue weighted by molar-refractivity contribution is -0.113. The van der Waals surface area contributed by atoms with E-state index in [1.807, 2.05) is 54.9 Å². The summed E-state index contributed by atoms with van der Waals surface area (Å²) < 4.78 is 7.42. The van der Waals surface area contributed by atoms with Gasteiger partial charge in [0.05, 0.1) is 29.5 Å². The number of aryl methyl sites for hydroxylation is 2. The molecule has 0 saturated heterocycles. The van der Waals surface area contributed by atoms with E-state index in [2.05, 4.69) is 17.4 Å². The fourth-order valence-electron chi connectivity index (χ4n) is 3.46. The standard InChI is InChI=1S/C21H21N3O2S/c1-13-7-6-8-15(11-13)24-21-19(14(2)23-24)20(27-12-18(25)22-21)16-9-4-5-10-17(16)26-3/h4-11,20H,12H2,1-3H3,(H,22,25)/t20-/m0/s1. The molecule has 1 aliphatic rings. The van der Waals surface area contributed by atoms with Gasteiger partial charge in [0.15, 0.2) is 0 Å². The number of ether oxygens (including phenoxy) is 1. The molecule has 27 heavy (non-hydrogen) atoms. The van der Waals surface area contributed by atoms with Crippen molar-refractivity contribution in [2.75, 3.05) is 18.2 Å². The number of hydrogen-bond acceptors (Lipinski definition) is 4. The van der Waals surface area contributed by atoms with E-state index in [0.29, 0.717) is 5.75 Å². The quantitative estimate of drug-likeness (QED) is 0.738. The minimum absolute atomic E-state index is 0.0209. The number of para-hydroxylation sites is 1. The van der Waals surface area contributed by atoms with Crippen LogP contribution in [0.3, 0.4) is 0 Å². The topological polar surface area (TPSA) is 56.1 Å². The monoisotopic (exact) mass is 379 g/mol. The SMILES string of the molecule is COc1ccccc1[C@@H]1SCC(=O)Nc2c1c(C)nn2-c1cccc(C)c1. The Balaban J connectivity index is 1.92. The van der Waals surface area contributed by atoms with Gasteiger partial charge in [-0.05, 0) is 37.6 Å². The summed E-state index contributed by atoms with van der Waals surface area (Å²) in [7, 11) is 1.67. The van der Waals surface area contributed by atoms with E-state index in [0.717, 1.165) is 39.6 Å². The van der Waals surface area contributed by atoms with Crippen LogP contribution in [0.5, 0.6) is 5.75 Å². The van der Waals surface area contributed by atoms with Gasteiger partial charge in [0.25, 0.3) is 0 Å². The molecule has 4 rings (SSSR count). The highest BCUT2D eigenvalue weighted by Gasteiger charge is 2.32. The van der Waals surface area contributed by atoms with Crippen molar-refractivity contribution in [3.05, 3.63) is 70.9 Å². The first kappa shape index (κ1) is 17.7. The van der Waals surface area contributed by atoms with Gasteiger partial charge >= 0.3 is 0 Å². The molecule has 2 heterocycles. The van der Waals surface area contributed by atoms with Crippen LogP contribution in [0.25, 0.3) is 5.69 Å². The average Bonchev–Trinajstić information content (AvgIpc) is 2.88. The van der Waals surface area contributed by atoms with Crippen molar-refractivity contribution in [3.8, 4) is 11.4 Å². The van der Waals surface area contributed by atoms with Gasteiger partial charge in [0, 0.05) is 11.1 Å². The van der Waals surface area contributed by atoms with Crippen molar-refractivity contribution in [1.82, 2.24) is 9.78 Å². The Morgan fingerprint density at radius 2 is 2.00 bits per heavy atom. The minimum atomic E-state index is -0.0336. The Morgan fingerprint density at radius 1 is 1.19 bits per heavy atom. The number of aromatic nitrogens is 2. The van der Waals surface area contributed by atoms with Gasteiger partial charge in [0.1, 0.15) is 11.6 Å². The van der Waals surface area contributed by atoms with Crippen LogP contribution >= 0.6 is 11.8 Å². The number of carbonyl (C=O) groups is 1. The van der Waals surface area contributed by atoms with E-state index in [1.54, 1.807) is 18.9 Å². The van der Waals surface area contributed by atoms with Gasteiger partial charge in [-0.3, -0.25) is 4.79 Å². The predicted octanol–water partition coefficient (Wildman–Crippen LogP) is 4.27. The predicted molar refractivity (Wildman–Crippen MR) is 109 cm³/mol. The van der Waals surface area contributed by atoms with Crippen LogP contribution in [0.15, 0.2) is 48.5 Å². The van der Waals surface area contributed by atoms with Crippen molar-refractivity contribution >= 4 is 23.5 Å². The maximum atomic E-state index is 12.4. The number of anilines is 1. The van der Waals surface area contributed by atoms with Gasteiger partial charge in [-0.2, -0.15) is 5.10 Å². The van der Waals surface area contributed by atoms with E-state index in [9.17, 15) is 4.79 Å². The Labute approximate surface area is 162 Å². The summed E-state index contributed by atoms with van der Waals surface area (Å²) >= 11 is 1.60. The van der Waals surface area contributed by atoms with E-state index >= 15 is 0 Å². The number of fused-ring (bicyclic) bond motifs is 1. The first-order valence-electron chi connectivity index (χ1n) is 8.79. The lowest BCUT2D eigenvalue weighted by Crippen LogP contribution is -2.15. The first-order chi connectivity index (χ1) is 13.1. The number of benzene rings is 2. The molecule has 1 aromatic heterocycles. The zero-order valence-electron chi connectivity index (χ0n) is 15.5. The maximum Gasteiger partial charge on any atom is 0.235 e. The average molecular weight is 379 g/mol. The molecule has 6 heteroatoms. The van der Waals surface area contributed by atoms with E-state index in [1.165, 1.54) is 0 Å². The molecule has 3 aromatic rings. The third kappa shape index (κ3) is 3.21. The van der Waals surface area contributed by atoms with Crippen molar-refractivity contribution in [2.45, 2.75) is 19.1 Å². The highest BCUT2D eigenvalue weighted by molar-refractivity contribution is 8.00. The number of methoxy groups -OCH3 is 1. The Morgan fingerprint density at radius 3 is 2.78 bits per heavy atom. The normalized spacial score (nSPS) is 16.4. The highest BCUT2D eigenvalue weighted by Crippen LogP contribution is 2.46. The number of hydrogen-bond donors (Lipinski definition) is 1. The van der Waals surface area contributed by atoms with Crippen LogP contribution in [-0.2, 0) is 4.79 Å². The molecule has 0 aliphatic carbocycles. The Hall–Kier alpha value is -2.73. The fourth-order valence-corrected chi connectivity index (χ4v) is 4.67. The summed E-state index contributed by atoms with van der Waals surface area (Å²) in [6, 6.07) is 16.1. The van der Waals surface area contributed by atoms with Crippen molar-refractivity contribution < 1.29 is 9.53 Å². The lowest BCUT2D eigenvalue weighted by Gasteiger charge is -2.18. The summed E-state index contributed by atoms with van der Waals surface area (Å²) in [4.78, 5) is 12.4. The molecular formula is C21H21N3O2S. The second-order valence-electron chi connectivity index (χ2n) is 6.58. The lowest BCUT2D eigenvalue weighted by atomic mass is 10.0. The molecule has 0 saturated carbocycles. The second-order valence-corrected chi connectivity index (χ2v) is 7.67. The molecule has 0 bridgehead atoms. The molecule has 1 atom stereocenters. The Bertz CT molecular complexity index is 1010. The molecule has 1 aliphatic heterocycles. The molecule has 0 fully saturated rings. The van der Waals surface area contributed by atoms with Crippen molar-refractivity contribution in [2.24, 2.45) is 0 Å². The number of carbonyl (C=O) groups excluding carboxylic acids is 1. The van der Waals surface area contributed by atoms with Crippen LogP contribution in [0.1, 0.15) is 27.6 Å². The Kier molecular flexibility index (Phi) is 4.66.